The lowest BCUT2D eigenvalue weighted by molar-refractivity contribution is -0.148. The minimum Gasteiger partial charge on any atom is -0.463 e. The van der Waals surface area contributed by atoms with Crippen molar-refractivity contribution in [2.75, 3.05) is 0 Å². The van der Waals surface area contributed by atoms with Gasteiger partial charge in [0.15, 0.2) is 0 Å². The Kier molecular flexibility index (Phi) is 6.79. The van der Waals surface area contributed by atoms with E-state index in [-0.39, 0.29) is 42.4 Å². The number of esters is 1. The summed E-state index contributed by atoms with van der Waals surface area (Å²) < 4.78 is 5.22. The van der Waals surface area contributed by atoms with E-state index in [0.29, 0.717) is 6.42 Å². The molecule has 1 saturated carbocycles. The third kappa shape index (κ3) is 5.64. The lowest BCUT2D eigenvalue weighted by Crippen LogP contribution is -2.35. The number of carbonyl (C=O) groups is 2. The Bertz CT molecular complexity index is 545. The average Bonchev–Trinajstić information content (AvgIpc) is 2.91. The van der Waals surface area contributed by atoms with E-state index in [1.54, 1.807) is 0 Å². The summed E-state index contributed by atoms with van der Waals surface area (Å²) in [5.74, 6) is -0.121. The van der Waals surface area contributed by atoms with Gasteiger partial charge in [-0.2, -0.15) is 0 Å². The molecule has 1 aromatic carbocycles. The van der Waals surface area contributed by atoms with Crippen molar-refractivity contribution in [1.82, 2.24) is 5.32 Å². The molecule has 1 unspecified atom stereocenters. The monoisotopic (exact) mass is 332 g/mol. The van der Waals surface area contributed by atoms with Crippen LogP contribution in [0.1, 0.15) is 57.6 Å². The van der Waals surface area contributed by atoms with Gasteiger partial charge in [0.2, 0.25) is 5.91 Å². The minimum absolute atomic E-state index is 0.0523. The molecule has 1 amide bonds. The molecule has 0 heterocycles. The maximum Gasteiger partial charge on any atom is 0.308 e. The van der Waals surface area contributed by atoms with Gasteiger partial charge in [-0.1, -0.05) is 36.8 Å². The molecule has 1 fully saturated rings. The van der Waals surface area contributed by atoms with Crippen LogP contribution in [0.3, 0.4) is 0 Å². The summed E-state index contributed by atoms with van der Waals surface area (Å²) in [5.41, 5.74) is 6.96. The van der Waals surface area contributed by atoms with Crippen molar-refractivity contribution in [1.29, 1.82) is 0 Å². The first-order valence-electron chi connectivity index (χ1n) is 8.75. The second kappa shape index (κ2) is 8.83. The largest absolute Gasteiger partial charge is 0.463 e. The van der Waals surface area contributed by atoms with Crippen molar-refractivity contribution in [3.8, 4) is 0 Å². The Hall–Kier alpha value is -1.88. The fourth-order valence-electron chi connectivity index (χ4n) is 3.23. The number of nitrogens with one attached hydrogen (secondary N) is 1. The van der Waals surface area contributed by atoms with Crippen LogP contribution in [0.15, 0.2) is 30.3 Å². The predicted molar refractivity (Wildman–Crippen MR) is 93.1 cm³/mol. The Morgan fingerprint density at radius 1 is 1.25 bits per heavy atom. The van der Waals surface area contributed by atoms with E-state index in [1.807, 2.05) is 44.2 Å². The van der Waals surface area contributed by atoms with E-state index in [1.165, 1.54) is 0 Å². The molecule has 0 radical (unpaired) electrons. The van der Waals surface area contributed by atoms with Crippen molar-refractivity contribution in [3.63, 3.8) is 0 Å². The Balaban J connectivity index is 1.99. The van der Waals surface area contributed by atoms with E-state index < -0.39 is 0 Å². The molecule has 0 bridgehead atoms. The van der Waals surface area contributed by atoms with E-state index in [0.717, 1.165) is 24.8 Å². The standard InChI is InChI=1S/C19H28N2O3/c1-13(2)24-19(23)12-17(14-7-4-3-5-8-14)21-18(22)11-15-9-6-10-16(15)20/h3-5,7-8,13,15-17H,6,9-12,20H2,1-2H3,(H,21,22)/t15-,16+,17?/m0/s1. The van der Waals surface area contributed by atoms with Crippen LogP contribution in [0.5, 0.6) is 0 Å². The summed E-state index contributed by atoms with van der Waals surface area (Å²) >= 11 is 0. The van der Waals surface area contributed by atoms with Crippen LogP contribution in [0, 0.1) is 5.92 Å². The fraction of sp³-hybridized carbons (Fsp3) is 0.579. The zero-order chi connectivity index (χ0) is 17.5. The highest BCUT2D eigenvalue weighted by atomic mass is 16.5. The number of benzene rings is 1. The molecule has 5 nitrogen and oxygen atoms in total. The van der Waals surface area contributed by atoms with Crippen LogP contribution in [-0.2, 0) is 14.3 Å². The zero-order valence-corrected chi connectivity index (χ0v) is 14.5. The Morgan fingerprint density at radius 3 is 2.54 bits per heavy atom. The van der Waals surface area contributed by atoms with Gasteiger partial charge in [-0.05, 0) is 38.2 Å². The Labute approximate surface area is 143 Å². The third-order valence-corrected chi connectivity index (χ3v) is 4.44. The predicted octanol–water partition coefficient (Wildman–Crippen LogP) is 2.70. The summed E-state index contributed by atoms with van der Waals surface area (Å²) in [7, 11) is 0. The van der Waals surface area contributed by atoms with E-state index >= 15 is 0 Å². The fourth-order valence-corrected chi connectivity index (χ4v) is 3.23. The summed E-state index contributed by atoms with van der Waals surface area (Å²) in [4.78, 5) is 24.4. The van der Waals surface area contributed by atoms with Gasteiger partial charge in [-0.3, -0.25) is 9.59 Å². The number of hydrogen-bond acceptors (Lipinski definition) is 4. The summed E-state index contributed by atoms with van der Waals surface area (Å²) in [6, 6.07) is 9.26. The van der Waals surface area contributed by atoms with Gasteiger partial charge in [0.25, 0.3) is 0 Å². The zero-order valence-electron chi connectivity index (χ0n) is 14.5. The lowest BCUT2D eigenvalue weighted by atomic mass is 9.98. The molecular formula is C19H28N2O3. The lowest BCUT2D eigenvalue weighted by Gasteiger charge is -2.21. The van der Waals surface area contributed by atoms with Gasteiger partial charge in [0.05, 0.1) is 18.6 Å². The van der Waals surface area contributed by atoms with E-state index in [4.69, 9.17) is 10.5 Å². The van der Waals surface area contributed by atoms with Crippen LogP contribution in [-0.4, -0.2) is 24.0 Å². The van der Waals surface area contributed by atoms with Gasteiger partial charge in [-0.25, -0.2) is 0 Å². The summed E-state index contributed by atoms with van der Waals surface area (Å²) in [6.07, 6.45) is 3.46. The van der Waals surface area contributed by atoms with E-state index in [2.05, 4.69) is 5.32 Å². The molecule has 3 N–H and O–H groups in total. The van der Waals surface area contributed by atoms with Crippen molar-refractivity contribution >= 4 is 11.9 Å². The number of carbonyl (C=O) groups excluding carboxylic acids is 2. The van der Waals surface area contributed by atoms with Crippen LogP contribution in [0.4, 0.5) is 0 Å². The second-order valence-electron chi connectivity index (χ2n) is 6.83. The molecule has 132 valence electrons. The highest BCUT2D eigenvalue weighted by Crippen LogP contribution is 2.27. The first kappa shape index (κ1) is 18.5. The van der Waals surface area contributed by atoms with Crippen LogP contribution in [0.25, 0.3) is 0 Å². The quantitative estimate of drug-likeness (QED) is 0.752. The van der Waals surface area contributed by atoms with Gasteiger partial charge in [-0.15, -0.1) is 0 Å². The molecule has 3 atom stereocenters. The molecule has 2 rings (SSSR count). The molecule has 5 heteroatoms. The maximum atomic E-state index is 12.4. The number of hydrogen-bond donors (Lipinski definition) is 2. The normalized spacial score (nSPS) is 21.5. The van der Waals surface area contributed by atoms with Crippen molar-refractivity contribution < 1.29 is 14.3 Å². The van der Waals surface area contributed by atoms with Gasteiger partial charge in [0, 0.05) is 12.5 Å². The molecule has 0 saturated heterocycles. The van der Waals surface area contributed by atoms with Crippen molar-refractivity contribution in [2.45, 2.75) is 64.1 Å². The van der Waals surface area contributed by atoms with Crippen molar-refractivity contribution in [3.05, 3.63) is 35.9 Å². The number of ether oxygens (including phenoxy) is 1. The summed E-state index contributed by atoms with van der Waals surface area (Å²) in [6.45, 7) is 3.63. The highest BCUT2D eigenvalue weighted by molar-refractivity contribution is 5.78. The molecule has 0 aromatic heterocycles. The molecule has 1 aromatic rings. The maximum absolute atomic E-state index is 12.4. The molecule has 1 aliphatic carbocycles. The Morgan fingerprint density at radius 2 is 1.96 bits per heavy atom. The molecule has 1 aliphatic rings. The van der Waals surface area contributed by atoms with E-state index in [9.17, 15) is 9.59 Å². The number of nitrogens with two attached hydrogens (primary N) is 1. The summed E-state index contributed by atoms with van der Waals surface area (Å²) in [5, 5.41) is 2.99. The first-order valence-corrected chi connectivity index (χ1v) is 8.75. The van der Waals surface area contributed by atoms with Gasteiger partial charge < -0.3 is 15.8 Å². The number of rotatable bonds is 7. The van der Waals surface area contributed by atoms with Crippen LogP contribution < -0.4 is 11.1 Å². The third-order valence-electron chi connectivity index (χ3n) is 4.44. The first-order chi connectivity index (χ1) is 11.5. The molecule has 0 aliphatic heterocycles. The van der Waals surface area contributed by atoms with Crippen LogP contribution >= 0.6 is 0 Å². The van der Waals surface area contributed by atoms with Crippen molar-refractivity contribution in [2.24, 2.45) is 11.7 Å². The molecular weight excluding hydrogens is 304 g/mol. The molecule has 24 heavy (non-hydrogen) atoms. The number of amides is 1. The SMILES string of the molecule is CC(C)OC(=O)CC(NC(=O)C[C@@H]1CCC[C@H]1N)c1ccccc1. The van der Waals surface area contributed by atoms with Crippen LogP contribution in [0.2, 0.25) is 0 Å². The van der Waals surface area contributed by atoms with Gasteiger partial charge >= 0.3 is 5.97 Å². The smallest absolute Gasteiger partial charge is 0.308 e. The highest BCUT2D eigenvalue weighted by Gasteiger charge is 2.27. The van der Waals surface area contributed by atoms with Gasteiger partial charge in [0.1, 0.15) is 0 Å². The second-order valence-corrected chi connectivity index (χ2v) is 6.83. The molecule has 0 spiro atoms. The minimum atomic E-state index is -0.373. The topological polar surface area (TPSA) is 81.4 Å². The average molecular weight is 332 g/mol.